The molecule has 6 nitrogen and oxygen atoms in total. The van der Waals surface area contributed by atoms with E-state index in [1.165, 1.54) is 24.3 Å². The van der Waals surface area contributed by atoms with Gasteiger partial charge in [0.1, 0.15) is 5.69 Å². The summed E-state index contributed by atoms with van der Waals surface area (Å²) < 4.78 is 26.6. The van der Waals surface area contributed by atoms with Crippen LogP contribution in [0.4, 0.5) is 11.4 Å². The highest BCUT2D eigenvalue weighted by Crippen LogP contribution is 2.34. The molecule has 0 aliphatic heterocycles. The monoisotopic (exact) mass is 354 g/mol. The molecular weight excluding hydrogens is 340 g/mol. The largest absolute Gasteiger partial charge is 0.295 e. The van der Waals surface area contributed by atoms with Gasteiger partial charge < -0.3 is 0 Å². The minimum Gasteiger partial charge on any atom is -0.260 e. The van der Waals surface area contributed by atoms with Gasteiger partial charge in [0.2, 0.25) is 0 Å². The third-order valence-corrected chi connectivity index (χ3v) is 5.44. The van der Waals surface area contributed by atoms with Gasteiger partial charge in [-0.25, -0.2) is 8.42 Å². The Labute approximate surface area is 139 Å². The van der Waals surface area contributed by atoms with Gasteiger partial charge in [-0.3, -0.25) is 14.4 Å². The first-order valence-corrected chi connectivity index (χ1v) is 8.62. The van der Waals surface area contributed by atoms with Gasteiger partial charge in [-0.05, 0) is 38.1 Å². The molecule has 0 saturated carbocycles. The molecule has 8 heteroatoms. The SMILES string of the molecule is CCN(c1ccc(Cl)cc1[N+](=O)[O-])S(=O)(=O)c1ccc(C)cc1. The molecule has 2 aromatic carbocycles. The fraction of sp³-hybridized carbons (Fsp3) is 0.200. The van der Waals surface area contributed by atoms with E-state index in [2.05, 4.69) is 0 Å². The van der Waals surface area contributed by atoms with Crippen LogP contribution in [0.2, 0.25) is 5.02 Å². The van der Waals surface area contributed by atoms with Gasteiger partial charge in [0.25, 0.3) is 15.7 Å². The summed E-state index contributed by atoms with van der Waals surface area (Å²) >= 11 is 5.79. The van der Waals surface area contributed by atoms with Crippen LogP contribution in [0.1, 0.15) is 12.5 Å². The number of nitro benzene ring substituents is 1. The smallest absolute Gasteiger partial charge is 0.260 e. The maximum atomic E-state index is 12.8. The Hall–Kier alpha value is -2.12. The van der Waals surface area contributed by atoms with Gasteiger partial charge in [-0.2, -0.15) is 0 Å². The number of sulfonamides is 1. The van der Waals surface area contributed by atoms with E-state index in [0.717, 1.165) is 15.9 Å². The normalized spacial score (nSPS) is 11.3. The van der Waals surface area contributed by atoms with E-state index in [9.17, 15) is 18.5 Å². The van der Waals surface area contributed by atoms with Crippen LogP contribution in [0.25, 0.3) is 0 Å². The lowest BCUT2D eigenvalue weighted by atomic mass is 10.2. The first-order chi connectivity index (χ1) is 10.8. The molecule has 0 radical (unpaired) electrons. The lowest BCUT2D eigenvalue weighted by molar-refractivity contribution is -0.384. The summed E-state index contributed by atoms with van der Waals surface area (Å²) in [7, 11) is -3.90. The highest BCUT2D eigenvalue weighted by Gasteiger charge is 2.29. The quantitative estimate of drug-likeness (QED) is 0.604. The van der Waals surface area contributed by atoms with Gasteiger partial charge in [-0.15, -0.1) is 0 Å². The average molecular weight is 355 g/mol. The van der Waals surface area contributed by atoms with Crippen molar-refractivity contribution in [3.05, 3.63) is 63.2 Å². The number of hydrogen-bond donors (Lipinski definition) is 0. The van der Waals surface area contributed by atoms with Crippen LogP contribution >= 0.6 is 11.6 Å². The summed E-state index contributed by atoms with van der Waals surface area (Å²) in [6, 6.07) is 10.2. The van der Waals surface area contributed by atoms with Crippen LogP contribution < -0.4 is 4.31 Å². The summed E-state index contributed by atoms with van der Waals surface area (Å²) in [5.74, 6) is 0. The number of nitro groups is 1. The Morgan fingerprint density at radius 2 is 1.78 bits per heavy atom. The number of rotatable bonds is 5. The zero-order chi connectivity index (χ0) is 17.2. The number of halogens is 1. The molecule has 0 aromatic heterocycles. The van der Waals surface area contributed by atoms with Crippen LogP contribution in [-0.4, -0.2) is 19.9 Å². The second-order valence-corrected chi connectivity index (χ2v) is 7.17. The maximum absolute atomic E-state index is 12.8. The maximum Gasteiger partial charge on any atom is 0.295 e. The van der Waals surface area contributed by atoms with Gasteiger partial charge in [0.15, 0.2) is 0 Å². The predicted molar refractivity (Wildman–Crippen MR) is 89.5 cm³/mol. The highest BCUT2D eigenvalue weighted by molar-refractivity contribution is 7.92. The lowest BCUT2D eigenvalue weighted by Gasteiger charge is -2.22. The van der Waals surface area contributed by atoms with Crippen molar-refractivity contribution in [3.8, 4) is 0 Å². The molecule has 0 atom stereocenters. The van der Waals surface area contributed by atoms with Crippen LogP contribution in [0, 0.1) is 17.0 Å². The lowest BCUT2D eigenvalue weighted by Crippen LogP contribution is -2.31. The number of benzene rings is 2. The standard InChI is InChI=1S/C15H15ClN2O4S/c1-3-17(14-9-6-12(16)10-15(14)18(19)20)23(21,22)13-7-4-11(2)5-8-13/h4-10H,3H2,1-2H3. The topological polar surface area (TPSA) is 80.5 Å². The third-order valence-electron chi connectivity index (χ3n) is 3.30. The second-order valence-electron chi connectivity index (χ2n) is 4.87. The molecule has 0 aliphatic carbocycles. The predicted octanol–water partition coefficient (Wildman–Crippen LogP) is 3.77. The molecule has 0 heterocycles. The minimum atomic E-state index is -3.90. The Morgan fingerprint density at radius 3 is 2.30 bits per heavy atom. The van der Waals surface area contributed by atoms with Crippen LogP contribution in [0.3, 0.4) is 0 Å². The van der Waals surface area contributed by atoms with E-state index >= 15 is 0 Å². The first kappa shape index (κ1) is 17.2. The Bertz CT molecular complexity index is 835. The van der Waals surface area contributed by atoms with Crippen molar-refractivity contribution in [1.29, 1.82) is 0 Å². The van der Waals surface area contributed by atoms with Crippen LogP contribution in [-0.2, 0) is 10.0 Å². The highest BCUT2D eigenvalue weighted by atomic mass is 35.5. The molecule has 0 saturated heterocycles. The van der Waals surface area contributed by atoms with Crippen LogP contribution in [0.5, 0.6) is 0 Å². The summed E-state index contributed by atoms with van der Waals surface area (Å²) in [4.78, 5) is 10.7. The zero-order valence-electron chi connectivity index (χ0n) is 12.6. The van der Waals surface area contributed by atoms with Crippen molar-refractivity contribution < 1.29 is 13.3 Å². The van der Waals surface area contributed by atoms with E-state index in [-0.39, 0.29) is 27.8 Å². The molecule has 122 valence electrons. The van der Waals surface area contributed by atoms with E-state index in [0.29, 0.717) is 0 Å². The van der Waals surface area contributed by atoms with Crippen molar-refractivity contribution in [2.45, 2.75) is 18.7 Å². The van der Waals surface area contributed by atoms with E-state index in [4.69, 9.17) is 11.6 Å². The fourth-order valence-electron chi connectivity index (χ4n) is 2.16. The molecular formula is C15H15ClN2O4S. The minimum absolute atomic E-state index is 0.0116. The first-order valence-electron chi connectivity index (χ1n) is 6.80. The number of anilines is 1. The molecule has 23 heavy (non-hydrogen) atoms. The Balaban J connectivity index is 2.60. The zero-order valence-corrected chi connectivity index (χ0v) is 14.1. The summed E-state index contributed by atoms with van der Waals surface area (Å²) in [6.45, 7) is 3.51. The summed E-state index contributed by atoms with van der Waals surface area (Å²) in [5, 5.41) is 11.4. The van der Waals surface area contributed by atoms with Gasteiger partial charge in [0, 0.05) is 17.6 Å². The van der Waals surface area contributed by atoms with Crippen molar-refractivity contribution in [1.82, 2.24) is 0 Å². The van der Waals surface area contributed by atoms with E-state index < -0.39 is 14.9 Å². The van der Waals surface area contributed by atoms with Crippen molar-refractivity contribution >= 4 is 33.0 Å². The van der Waals surface area contributed by atoms with Crippen molar-refractivity contribution in [2.24, 2.45) is 0 Å². The molecule has 0 spiro atoms. The Morgan fingerprint density at radius 1 is 1.17 bits per heavy atom. The van der Waals surface area contributed by atoms with Crippen LogP contribution in [0.15, 0.2) is 47.4 Å². The second kappa shape index (κ2) is 6.55. The molecule has 2 rings (SSSR count). The molecule has 0 aliphatic rings. The molecule has 0 unspecified atom stereocenters. The molecule has 0 fully saturated rings. The molecule has 0 N–H and O–H groups in total. The molecule has 2 aromatic rings. The third kappa shape index (κ3) is 3.46. The van der Waals surface area contributed by atoms with Crippen molar-refractivity contribution in [2.75, 3.05) is 10.8 Å². The Kier molecular flexibility index (Phi) is 4.91. The van der Waals surface area contributed by atoms with E-state index in [1.807, 2.05) is 6.92 Å². The van der Waals surface area contributed by atoms with Gasteiger partial charge in [0.05, 0.1) is 9.82 Å². The van der Waals surface area contributed by atoms with Gasteiger partial charge >= 0.3 is 0 Å². The fourth-order valence-corrected chi connectivity index (χ4v) is 3.82. The molecule has 0 bridgehead atoms. The average Bonchev–Trinajstić information content (AvgIpc) is 2.49. The van der Waals surface area contributed by atoms with Gasteiger partial charge in [-0.1, -0.05) is 29.3 Å². The number of nitrogens with zero attached hydrogens (tertiary/aromatic N) is 2. The number of hydrogen-bond acceptors (Lipinski definition) is 4. The molecule has 0 amide bonds. The van der Waals surface area contributed by atoms with E-state index in [1.54, 1.807) is 19.1 Å². The van der Waals surface area contributed by atoms with Crippen molar-refractivity contribution in [3.63, 3.8) is 0 Å². The summed E-state index contributed by atoms with van der Waals surface area (Å²) in [5.41, 5.74) is 0.557. The number of aryl methyl sites for hydroxylation is 1. The summed E-state index contributed by atoms with van der Waals surface area (Å²) in [6.07, 6.45) is 0.